The van der Waals surface area contributed by atoms with Crippen LogP contribution < -0.4 is 5.32 Å². The van der Waals surface area contributed by atoms with Gasteiger partial charge in [0.15, 0.2) is 5.13 Å². The fourth-order valence-electron chi connectivity index (χ4n) is 1.95. The normalized spacial score (nSPS) is 10.2. The highest BCUT2D eigenvalue weighted by Gasteiger charge is 2.14. The number of rotatable bonds is 7. The van der Waals surface area contributed by atoms with Gasteiger partial charge in [-0.05, 0) is 25.1 Å². The van der Waals surface area contributed by atoms with Gasteiger partial charge < -0.3 is 15.0 Å². The minimum absolute atomic E-state index is 0.142. The number of anilines is 2. The van der Waals surface area contributed by atoms with Gasteiger partial charge >= 0.3 is 5.97 Å². The number of hydrogen-bond donors (Lipinski definition) is 1. The van der Waals surface area contributed by atoms with E-state index in [9.17, 15) is 9.59 Å². The molecule has 2 rings (SSSR count). The lowest BCUT2D eigenvalue weighted by atomic mass is 10.1. The number of benzene rings is 1. The molecule has 0 fully saturated rings. The molecule has 0 aliphatic heterocycles. The molecule has 0 saturated carbocycles. The Hall–Kier alpha value is -2.41. The molecule has 7 heteroatoms. The predicted octanol–water partition coefficient (Wildman–Crippen LogP) is 2.91. The van der Waals surface area contributed by atoms with Crippen molar-refractivity contribution in [3.05, 3.63) is 41.4 Å². The molecule has 0 spiro atoms. The molecule has 1 aromatic carbocycles. The van der Waals surface area contributed by atoms with E-state index in [1.165, 1.54) is 16.2 Å². The predicted molar refractivity (Wildman–Crippen MR) is 90.0 cm³/mol. The van der Waals surface area contributed by atoms with Crippen LogP contribution in [0.2, 0.25) is 0 Å². The minimum atomic E-state index is -0.300. The topological polar surface area (TPSA) is 71.5 Å². The Bertz CT molecular complexity index is 658. The Morgan fingerprint density at radius 3 is 2.91 bits per heavy atom. The zero-order valence-electron chi connectivity index (χ0n) is 13.1. The van der Waals surface area contributed by atoms with E-state index in [0.717, 1.165) is 10.8 Å². The molecule has 0 radical (unpaired) electrons. The Kier molecular flexibility index (Phi) is 6.10. The Balaban J connectivity index is 1.97. The lowest BCUT2D eigenvalue weighted by Crippen LogP contribution is -2.29. The Morgan fingerprint density at radius 1 is 1.39 bits per heavy atom. The van der Waals surface area contributed by atoms with Crippen LogP contribution in [0.4, 0.5) is 10.8 Å². The zero-order chi connectivity index (χ0) is 16.7. The highest BCUT2D eigenvalue weighted by Crippen LogP contribution is 2.20. The summed E-state index contributed by atoms with van der Waals surface area (Å²) in [5.74, 6) is -0.441. The van der Waals surface area contributed by atoms with E-state index in [-0.39, 0.29) is 18.3 Å². The van der Waals surface area contributed by atoms with E-state index in [2.05, 4.69) is 10.3 Å². The van der Waals surface area contributed by atoms with Gasteiger partial charge in [0, 0.05) is 36.4 Å². The number of thiazole rings is 1. The molecule has 6 nitrogen and oxygen atoms in total. The molecule has 23 heavy (non-hydrogen) atoms. The molecule has 0 unspecified atom stereocenters. The number of aromatic nitrogens is 1. The summed E-state index contributed by atoms with van der Waals surface area (Å²) >= 11 is 1.49. The second-order valence-electron chi connectivity index (χ2n) is 4.82. The summed E-state index contributed by atoms with van der Waals surface area (Å²) in [6.45, 7) is 2.43. The number of amides is 1. The third-order valence-corrected chi connectivity index (χ3v) is 3.79. The average molecular weight is 333 g/mol. The molecule has 1 N–H and O–H groups in total. The van der Waals surface area contributed by atoms with Gasteiger partial charge in [0.2, 0.25) is 0 Å². The van der Waals surface area contributed by atoms with E-state index < -0.39 is 0 Å². The van der Waals surface area contributed by atoms with Crippen LogP contribution in [-0.2, 0) is 9.53 Å². The second-order valence-corrected chi connectivity index (χ2v) is 5.72. The molecule has 0 bridgehead atoms. The summed E-state index contributed by atoms with van der Waals surface area (Å²) in [4.78, 5) is 29.4. The quantitative estimate of drug-likeness (QED) is 0.789. The Labute approximate surface area is 139 Å². The van der Waals surface area contributed by atoms with Gasteiger partial charge in [0.05, 0.1) is 13.0 Å². The van der Waals surface area contributed by atoms with Crippen molar-refractivity contribution in [3.8, 4) is 0 Å². The number of carbonyl (C=O) groups is 2. The average Bonchev–Trinajstić information content (AvgIpc) is 3.05. The van der Waals surface area contributed by atoms with E-state index in [4.69, 9.17) is 4.74 Å². The first-order valence-electron chi connectivity index (χ1n) is 7.28. The van der Waals surface area contributed by atoms with Gasteiger partial charge in [0.25, 0.3) is 5.91 Å². The summed E-state index contributed by atoms with van der Waals surface area (Å²) < 4.78 is 4.86. The fraction of sp³-hybridized carbons (Fsp3) is 0.312. The van der Waals surface area contributed by atoms with Gasteiger partial charge in [-0.25, -0.2) is 4.98 Å². The molecule has 0 saturated heterocycles. The van der Waals surface area contributed by atoms with Gasteiger partial charge in [-0.15, -0.1) is 11.3 Å². The molecule has 0 aliphatic rings. The summed E-state index contributed by atoms with van der Waals surface area (Å²) in [7, 11) is 1.67. The molecule has 1 aromatic heterocycles. The lowest BCUT2D eigenvalue weighted by molar-refractivity contribution is -0.143. The maximum Gasteiger partial charge on any atom is 0.307 e. The van der Waals surface area contributed by atoms with Crippen molar-refractivity contribution in [3.63, 3.8) is 0 Å². The highest BCUT2D eigenvalue weighted by molar-refractivity contribution is 7.13. The number of esters is 1. The van der Waals surface area contributed by atoms with Crippen LogP contribution in [0.15, 0.2) is 35.8 Å². The van der Waals surface area contributed by atoms with E-state index in [1.54, 1.807) is 32.3 Å². The SMILES string of the molecule is CCOC(=O)CCN(C)C(=O)c1cccc(Nc2nccs2)c1. The van der Waals surface area contributed by atoms with Crippen LogP contribution in [0.1, 0.15) is 23.7 Å². The molecule has 1 amide bonds. The molecule has 122 valence electrons. The summed E-state index contributed by atoms with van der Waals surface area (Å²) in [6.07, 6.45) is 1.90. The first kappa shape index (κ1) is 17.0. The number of hydrogen-bond acceptors (Lipinski definition) is 6. The van der Waals surface area contributed by atoms with Crippen LogP contribution in [0.3, 0.4) is 0 Å². The zero-order valence-corrected chi connectivity index (χ0v) is 13.9. The monoisotopic (exact) mass is 333 g/mol. The third kappa shape index (κ3) is 5.07. The summed E-state index contributed by atoms with van der Waals surface area (Å²) in [5, 5.41) is 5.79. The fourth-order valence-corrected chi connectivity index (χ4v) is 2.50. The van der Waals surface area contributed by atoms with Crippen molar-refractivity contribution in [1.29, 1.82) is 0 Å². The van der Waals surface area contributed by atoms with Crippen LogP contribution in [0.25, 0.3) is 0 Å². The minimum Gasteiger partial charge on any atom is -0.466 e. The van der Waals surface area contributed by atoms with E-state index >= 15 is 0 Å². The van der Waals surface area contributed by atoms with Crippen LogP contribution in [0.5, 0.6) is 0 Å². The first-order chi connectivity index (χ1) is 11.1. The largest absolute Gasteiger partial charge is 0.466 e. The lowest BCUT2D eigenvalue weighted by Gasteiger charge is -2.17. The number of nitrogens with one attached hydrogen (secondary N) is 1. The van der Waals surface area contributed by atoms with Crippen LogP contribution >= 0.6 is 11.3 Å². The first-order valence-corrected chi connectivity index (χ1v) is 8.15. The third-order valence-electron chi connectivity index (χ3n) is 3.10. The smallest absolute Gasteiger partial charge is 0.307 e. The number of carbonyl (C=O) groups excluding carboxylic acids is 2. The van der Waals surface area contributed by atoms with Crippen molar-refractivity contribution in [2.45, 2.75) is 13.3 Å². The molecular weight excluding hydrogens is 314 g/mol. The number of ether oxygens (including phenoxy) is 1. The van der Waals surface area contributed by atoms with Gasteiger partial charge in [-0.2, -0.15) is 0 Å². The van der Waals surface area contributed by atoms with Gasteiger partial charge in [-0.1, -0.05) is 6.07 Å². The van der Waals surface area contributed by atoms with Crippen molar-refractivity contribution >= 4 is 34.0 Å². The maximum absolute atomic E-state index is 12.4. The van der Waals surface area contributed by atoms with Gasteiger partial charge in [0.1, 0.15) is 0 Å². The second kappa shape index (κ2) is 8.28. The van der Waals surface area contributed by atoms with E-state index in [1.807, 2.05) is 17.5 Å². The molecule has 0 atom stereocenters. The maximum atomic E-state index is 12.4. The van der Waals surface area contributed by atoms with Crippen molar-refractivity contribution in [2.24, 2.45) is 0 Å². The van der Waals surface area contributed by atoms with Gasteiger partial charge in [-0.3, -0.25) is 9.59 Å². The number of nitrogens with zero attached hydrogens (tertiary/aromatic N) is 2. The molecular formula is C16H19N3O3S. The molecule has 0 aliphatic carbocycles. The molecule has 2 aromatic rings. The van der Waals surface area contributed by atoms with Crippen molar-refractivity contribution < 1.29 is 14.3 Å². The molecule has 1 heterocycles. The van der Waals surface area contributed by atoms with E-state index in [0.29, 0.717) is 18.7 Å². The highest BCUT2D eigenvalue weighted by atomic mass is 32.1. The van der Waals surface area contributed by atoms with Crippen molar-refractivity contribution in [2.75, 3.05) is 25.5 Å². The standard InChI is InChI=1S/C16H19N3O3S/c1-3-22-14(20)7-9-19(2)15(21)12-5-4-6-13(11-12)18-16-17-8-10-23-16/h4-6,8,10-11H,3,7,9H2,1-2H3,(H,17,18). The summed E-state index contributed by atoms with van der Waals surface area (Å²) in [6, 6.07) is 7.19. The van der Waals surface area contributed by atoms with Crippen molar-refractivity contribution in [1.82, 2.24) is 9.88 Å². The van der Waals surface area contributed by atoms with Crippen LogP contribution in [-0.4, -0.2) is 42.0 Å². The summed E-state index contributed by atoms with van der Waals surface area (Å²) in [5.41, 5.74) is 1.35. The Morgan fingerprint density at radius 2 is 2.22 bits per heavy atom. The van der Waals surface area contributed by atoms with Crippen LogP contribution in [0, 0.1) is 0 Å².